The second-order valence-corrected chi connectivity index (χ2v) is 4.04. The van der Waals surface area contributed by atoms with Crippen LogP contribution in [0, 0.1) is 0 Å². The van der Waals surface area contributed by atoms with E-state index in [1.165, 1.54) is 6.92 Å². The van der Waals surface area contributed by atoms with Crippen molar-refractivity contribution in [1.82, 2.24) is 9.97 Å². The average Bonchev–Trinajstić information content (AvgIpc) is 2.27. The lowest BCUT2D eigenvalue weighted by atomic mass is 10.0. The quantitative estimate of drug-likeness (QED) is 0.363. The molecule has 0 bridgehead atoms. The number of hydrogen-bond donors (Lipinski definition) is 6. The highest BCUT2D eigenvalue weighted by Crippen LogP contribution is 2.21. The van der Waals surface area contributed by atoms with Crippen molar-refractivity contribution >= 4 is 17.5 Å². The van der Waals surface area contributed by atoms with Crippen molar-refractivity contribution < 1.29 is 10.2 Å². The summed E-state index contributed by atoms with van der Waals surface area (Å²) in [5.74, 6) is 0.373. The predicted molar refractivity (Wildman–Crippen MR) is 62.9 cm³/mol. The summed E-state index contributed by atoms with van der Waals surface area (Å²) < 4.78 is 0. The number of rotatable bonds is 2. The highest BCUT2D eigenvalue weighted by Gasteiger charge is 2.29. The zero-order valence-electron chi connectivity index (χ0n) is 9.27. The van der Waals surface area contributed by atoms with Gasteiger partial charge in [0, 0.05) is 6.54 Å². The van der Waals surface area contributed by atoms with Crippen LogP contribution in [0.1, 0.15) is 6.92 Å². The minimum Gasteiger partial charge on any atom is -0.391 e. The highest BCUT2D eigenvalue weighted by atomic mass is 16.3. The molecule has 1 aliphatic rings. The van der Waals surface area contributed by atoms with Crippen LogP contribution in [0.25, 0.3) is 0 Å². The van der Waals surface area contributed by atoms with E-state index in [1.54, 1.807) is 0 Å². The van der Waals surface area contributed by atoms with Crippen LogP contribution in [0.4, 0.5) is 17.5 Å². The second kappa shape index (κ2) is 4.22. The Kier molecular flexibility index (Phi) is 2.90. The van der Waals surface area contributed by atoms with Gasteiger partial charge in [0.25, 0.3) is 5.56 Å². The van der Waals surface area contributed by atoms with Gasteiger partial charge in [0.1, 0.15) is 11.8 Å². The van der Waals surface area contributed by atoms with Crippen molar-refractivity contribution in [2.45, 2.75) is 25.2 Å². The Morgan fingerprint density at radius 3 is 2.88 bits per heavy atom. The van der Waals surface area contributed by atoms with E-state index in [0.29, 0.717) is 12.4 Å². The third-order valence-electron chi connectivity index (χ3n) is 2.66. The topological polar surface area (TPSA) is 136 Å². The minimum absolute atomic E-state index is 0.0255. The molecule has 8 nitrogen and oxygen atoms in total. The third kappa shape index (κ3) is 2.17. The second-order valence-electron chi connectivity index (χ2n) is 4.04. The van der Waals surface area contributed by atoms with Crippen LogP contribution in [0.3, 0.4) is 0 Å². The maximum absolute atomic E-state index is 11.6. The van der Waals surface area contributed by atoms with Gasteiger partial charge >= 0.3 is 0 Å². The van der Waals surface area contributed by atoms with E-state index in [0.717, 1.165) is 0 Å². The average molecular weight is 241 g/mol. The summed E-state index contributed by atoms with van der Waals surface area (Å²) in [5.41, 5.74) is 5.20. The lowest BCUT2D eigenvalue weighted by molar-refractivity contribution is 0.0214. The molecule has 17 heavy (non-hydrogen) atoms. The summed E-state index contributed by atoms with van der Waals surface area (Å²) in [6.07, 6.45) is -1.87. The van der Waals surface area contributed by atoms with Crippen LogP contribution in [-0.4, -0.2) is 45.0 Å². The predicted octanol–water partition coefficient (Wildman–Crippen LogP) is -1.70. The van der Waals surface area contributed by atoms with Crippen molar-refractivity contribution in [2.75, 3.05) is 22.9 Å². The summed E-state index contributed by atoms with van der Waals surface area (Å²) in [7, 11) is 0. The first-order valence-corrected chi connectivity index (χ1v) is 5.25. The lowest BCUT2D eigenvalue weighted by Gasteiger charge is -2.31. The first kappa shape index (κ1) is 11.7. The van der Waals surface area contributed by atoms with Crippen LogP contribution < -0.4 is 21.9 Å². The number of H-pyrrole nitrogens is 1. The number of aliphatic hydroxyl groups is 2. The monoisotopic (exact) mass is 241 g/mol. The number of anilines is 3. The summed E-state index contributed by atoms with van der Waals surface area (Å²) in [4.78, 5) is 17.9. The third-order valence-corrected chi connectivity index (χ3v) is 2.66. The van der Waals surface area contributed by atoms with Crippen molar-refractivity contribution in [3.05, 3.63) is 10.4 Å². The van der Waals surface area contributed by atoms with Gasteiger partial charge in [0.2, 0.25) is 5.95 Å². The van der Waals surface area contributed by atoms with Gasteiger partial charge in [-0.1, -0.05) is 0 Å². The lowest BCUT2D eigenvalue weighted by Crippen LogP contribution is -2.48. The zero-order chi connectivity index (χ0) is 12.6. The summed E-state index contributed by atoms with van der Waals surface area (Å²) >= 11 is 0. The van der Waals surface area contributed by atoms with Crippen LogP contribution in [0.2, 0.25) is 0 Å². The van der Waals surface area contributed by atoms with E-state index >= 15 is 0 Å². The Morgan fingerprint density at radius 2 is 2.24 bits per heavy atom. The summed E-state index contributed by atoms with van der Waals surface area (Å²) in [6, 6.07) is -0.464. The fourth-order valence-corrected chi connectivity index (χ4v) is 1.74. The van der Waals surface area contributed by atoms with E-state index < -0.39 is 23.8 Å². The van der Waals surface area contributed by atoms with Gasteiger partial charge in [0.05, 0.1) is 12.1 Å². The molecule has 3 atom stereocenters. The number of nitrogen functional groups attached to an aromatic ring is 1. The van der Waals surface area contributed by atoms with E-state index in [-0.39, 0.29) is 11.6 Å². The number of nitrogens with zero attached hydrogens (tertiary/aromatic N) is 1. The van der Waals surface area contributed by atoms with E-state index in [9.17, 15) is 15.0 Å². The smallest absolute Gasteiger partial charge is 0.277 e. The molecular weight excluding hydrogens is 226 g/mol. The molecule has 2 rings (SSSR count). The van der Waals surface area contributed by atoms with Gasteiger partial charge in [-0.25, -0.2) is 0 Å². The Bertz CT molecular complexity index is 472. The van der Waals surface area contributed by atoms with Crippen molar-refractivity contribution in [2.24, 2.45) is 0 Å². The number of aromatic amines is 1. The molecule has 0 fully saturated rings. The first-order valence-electron chi connectivity index (χ1n) is 5.25. The van der Waals surface area contributed by atoms with Crippen molar-refractivity contribution in [3.8, 4) is 0 Å². The van der Waals surface area contributed by atoms with Gasteiger partial charge < -0.3 is 26.6 Å². The summed E-state index contributed by atoms with van der Waals surface area (Å²) in [5, 5.41) is 24.7. The molecule has 0 radical (unpaired) electrons. The molecule has 2 heterocycles. The van der Waals surface area contributed by atoms with Gasteiger partial charge in [-0.3, -0.25) is 9.78 Å². The molecule has 1 unspecified atom stereocenters. The fourth-order valence-electron chi connectivity index (χ4n) is 1.74. The zero-order valence-corrected chi connectivity index (χ0v) is 9.27. The molecule has 1 aliphatic heterocycles. The Labute approximate surface area is 96.9 Å². The van der Waals surface area contributed by atoms with Crippen LogP contribution >= 0.6 is 0 Å². The molecule has 7 N–H and O–H groups in total. The molecule has 1 aromatic rings. The van der Waals surface area contributed by atoms with Gasteiger partial charge in [-0.2, -0.15) is 4.98 Å². The molecule has 0 aliphatic carbocycles. The number of hydrogen-bond acceptors (Lipinski definition) is 7. The van der Waals surface area contributed by atoms with E-state index in [2.05, 4.69) is 20.6 Å². The normalized spacial score (nSPS) is 21.9. The van der Waals surface area contributed by atoms with Crippen LogP contribution in [-0.2, 0) is 0 Å². The van der Waals surface area contributed by atoms with E-state index in [1.807, 2.05) is 0 Å². The fraction of sp³-hybridized carbons (Fsp3) is 0.556. The molecule has 0 amide bonds. The molecule has 0 spiro atoms. The van der Waals surface area contributed by atoms with Crippen LogP contribution in [0.15, 0.2) is 4.79 Å². The molecule has 1 aromatic heterocycles. The SMILES string of the molecule is C[C@@H](O)[C@@H](O)C1CNc2nc(N)[nH]c(=O)c2N1. The molecule has 8 heteroatoms. The Hall–Kier alpha value is -1.80. The molecule has 0 aromatic carbocycles. The molecule has 94 valence electrons. The largest absolute Gasteiger partial charge is 0.391 e. The van der Waals surface area contributed by atoms with Gasteiger partial charge in [-0.15, -0.1) is 0 Å². The standard InChI is InChI=1S/C9H15N5O3/c1-3(15)6(16)4-2-11-7-5(12-4)8(17)14-9(10)13-7/h3-4,6,12,15-16H,2H2,1H3,(H4,10,11,13,14,17)/t3-,4?,6-/m1/s1. The Morgan fingerprint density at radius 1 is 1.53 bits per heavy atom. The van der Waals surface area contributed by atoms with Crippen molar-refractivity contribution in [1.29, 1.82) is 0 Å². The van der Waals surface area contributed by atoms with Gasteiger partial charge in [-0.05, 0) is 6.92 Å². The first-order chi connectivity index (χ1) is 7.99. The number of nitrogens with one attached hydrogen (secondary N) is 3. The van der Waals surface area contributed by atoms with Crippen LogP contribution in [0.5, 0.6) is 0 Å². The number of nitrogens with two attached hydrogens (primary N) is 1. The minimum atomic E-state index is -0.979. The maximum Gasteiger partial charge on any atom is 0.277 e. The number of aromatic nitrogens is 2. The summed E-state index contributed by atoms with van der Waals surface area (Å²) in [6.45, 7) is 1.82. The van der Waals surface area contributed by atoms with Crippen molar-refractivity contribution in [3.63, 3.8) is 0 Å². The Balaban J connectivity index is 2.27. The number of fused-ring (bicyclic) bond motifs is 1. The molecular formula is C9H15N5O3. The van der Waals surface area contributed by atoms with Gasteiger partial charge in [0.15, 0.2) is 5.82 Å². The maximum atomic E-state index is 11.6. The number of aliphatic hydroxyl groups excluding tert-OH is 2. The highest BCUT2D eigenvalue weighted by molar-refractivity contribution is 5.67. The molecule has 0 saturated heterocycles. The van der Waals surface area contributed by atoms with E-state index in [4.69, 9.17) is 5.73 Å². The molecule has 0 saturated carbocycles.